The summed E-state index contributed by atoms with van der Waals surface area (Å²) >= 11 is 0. The van der Waals surface area contributed by atoms with E-state index >= 15 is 0 Å². The summed E-state index contributed by atoms with van der Waals surface area (Å²) in [6, 6.07) is 9.35. The van der Waals surface area contributed by atoms with Gasteiger partial charge in [0.05, 0.1) is 24.0 Å². The van der Waals surface area contributed by atoms with Crippen LogP contribution < -0.4 is 10.6 Å². The van der Waals surface area contributed by atoms with Crippen LogP contribution in [0.4, 0.5) is 17.3 Å². The van der Waals surface area contributed by atoms with Crippen LogP contribution in [0.1, 0.15) is 18.9 Å². The summed E-state index contributed by atoms with van der Waals surface area (Å²) in [5.41, 5.74) is 1.43. The Morgan fingerprint density at radius 1 is 1.26 bits per heavy atom. The molecule has 5 nitrogen and oxygen atoms in total. The average molecular weight is 253 g/mol. The zero-order chi connectivity index (χ0) is 13.5. The zero-order valence-corrected chi connectivity index (χ0v) is 10.7. The first-order valence-corrected chi connectivity index (χ1v) is 6.15. The van der Waals surface area contributed by atoms with Crippen molar-refractivity contribution in [3.05, 3.63) is 42.2 Å². The number of anilines is 3. The zero-order valence-electron chi connectivity index (χ0n) is 10.7. The normalized spacial score (nSPS) is 9.68. The van der Waals surface area contributed by atoms with E-state index in [1.165, 1.54) is 0 Å². The minimum Gasteiger partial charge on any atom is -0.369 e. The minimum atomic E-state index is 0.609. The second kappa shape index (κ2) is 6.36. The van der Waals surface area contributed by atoms with Crippen molar-refractivity contribution in [2.24, 2.45) is 0 Å². The second-order valence-electron chi connectivity index (χ2n) is 4.03. The summed E-state index contributed by atoms with van der Waals surface area (Å²) in [5, 5.41) is 15.2. The first-order valence-electron chi connectivity index (χ1n) is 6.15. The van der Waals surface area contributed by atoms with Gasteiger partial charge in [-0.25, -0.2) is 4.98 Å². The van der Waals surface area contributed by atoms with Crippen LogP contribution in [0.5, 0.6) is 0 Å². The van der Waals surface area contributed by atoms with Crippen molar-refractivity contribution in [3.8, 4) is 6.07 Å². The van der Waals surface area contributed by atoms with E-state index in [0.717, 1.165) is 24.5 Å². The maximum atomic E-state index is 8.85. The molecule has 0 aliphatic carbocycles. The lowest BCUT2D eigenvalue weighted by Gasteiger charge is -2.08. The van der Waals surface area contributed by atoms with Gasteiger partial charge in [0.15, 0.2) is 5.82 Å². The van der Waals surface area contributed by atoms with Crippen molar-refractivity contribution < 1.29 is 0 Å². The highest BCUT2D eigenvalue weighted by atomic mass is 15.1. The Bertz CT molecular complexity index is 588. The predicted octanol–water partition coefficient (Wildman–Crippen LogP) is 2.91. The quantitative estimate of drug-likeness (QED) is 0.857. The van der Waals surface area contributed by atoms with Gasteiger partial charge < -0.3 is 10.6 Å². The van der Waals surface area contributed by atoms with E-state index < -0.39 is 0 Å². The third-order valence-corrected chi connectivity index (χ3v) is 2.45. The maximum absolute atomic E-state index is 8.85. The number of nitriles is 1. The fourth-order valence-electron chi connectivity index (χ4n) is 1.58. The summed E-state index contributed by atoms with van der Waals surface area (Å²) in [4.78, 5) is 8.52. The van der Waals surface area contributed by atoms with E-state index in [9.17, 15) is 0 Å². The van der Waals surface area contributed by atoms with Crippen molar-refractivity contribution in [1.82, 2.24) is 9.97 Å². The number of benzene rings is 1. The third-order valence-electron chi connectivity index (χ3n) is 2.45. The first-order chi connectivity index (χ1) is 9.31. The van der Waals surface area contributed by atoms with E-state index in [4.69, 9.17) is 5.26 Å². The van der Waals surface area contributed by atoms with Crippen LogP contribution in [0.25, 0.3) is 0 Å². The van der Waals surface area contributed by atoms with E-state index in [1.807, 2.05) is 12.1 Å². The van der Waals surface area contributed by atoms with E-state index in [1.54, 1.807) is 24.5 Å². The topological polar surface area (TPSA) is 73.6 Å². The SMILES string of the molecule is CCCNc1cncc(Nc2cccc(C#N)c2)n1. The van der Waals surface area contributed by atoms with Crippen LogP contribution >= 0.6 is 0 Å². The number of nitrogens with one attached hydrogen (secondary N) is 2. The second-order valence-corrected chi connectivity index (χ2v) is 4.03. The highest BCUT2D eigenvalue weighted by Gasteiger charge is 2.00. The molecule has 0 amide bonds. The number of hydrogen-bond acceptors (Lipinski definition) is 5. The summed E-state index contributed by atoms with van der Waals surface area (Å²) in [5.74, 6) is 1.39. The molecule has 2 aromatic rings. The van der Waals surface area contributed by atoms with Crippen molar-refractivity contribution in [2.75, 3.05) is 17.2 Å². The molecule has 0 spiro atoms. The largest absolute Gasteiger partial charge is 0.369 e. The van der Waals surface area contributed by atoms with Crippen LogP contribution in [0.15, 0.2) is 36.7 Å². The average Bonchev–Trinajstić information content (AvgIpc) is 2.46. The van der Waals surface area contributed by atoms with E-state index in [0.29, 0.717) is 11.4 Å². The molecule has 0 unspecified atom stereocenters. The highest BCUT2D eigenvalue weighted by Crippen LogP contribution is 2.16. The first kappa shape index (κ1) is 12.8. The molecule has 0 atom stereocenters. The standard InChI is InChI=1S/C14H15N5/c1-2-6-17-13-9-16-10-14(19-13)18-12-5-3-4-11(7-12)8-15/h3-5,7,9-10H,2,6H2,1H3,(H2,17,18,19). The van der Waals surface area contributed by atoms with Crippen LogP contribution in [-0.2, 0) is 0 Å². The van der Waals surface area contributed by atoms with Crippen LogP contribution in [0.2, 0.25) is 0 Å². The Balaban J connectivity index is 2.12. The molecule has 0 aliphatic rings. The van der Waals surface area contributed by atoms with Gasteiger partial charge >= 0.3 is 0 Å². The Labute approximate surface area is 112 Å². The summed E-state index contributed by atoms with van der Waals surface area (Å²) in [7, 11) is 0. The summed E-state index contributed by atoms with van der Waals surface area (Å²) < 4.78 is 0. The molecule has 0 saturated heterocycles. The van der Waals surface area contributed by atoms with E-state index in [-0.39, 0.29) is 0 Å². The highest BCUT2D eigenvalue weighted by molar-refractivity contribution is 5.58. The van der Waals surface area contributed by atoms with Gasteiger partial charge in [0.1, 0.15) is 5.82 Å². The van der Waals surface area contributed by atoms with Gasteiger partial charge in [0.2, 0.25) is 0 Å². The Hall–Kier alpha value is -2.61. The number of hydrogen-bond donors (Lipinski definition) is 2. The Kier molecular flexibility index (Phi) is 4.29. The van der Waals surface area contributed by atoms with Crippen LogP contribution in [0, 0.1) is 11.3 Å². The molecular weight excluding hydrogens is 238 g/mol. The molecule has 0 radical (unpaired) electrons. The lowest BCUT2D eigenvalue weighted by Crippen LogP contribution is -2.04. The smallest absolute Gasteiger partial charge is 0.151 e. The fourth-order valence-corrected chi connectivity index (χ4v) is 1.58. The van der Waals surface area contributed by atoms with Crippen molar-refractivity contribution in [3.63, 3.8) is 0 Å². The molecule has 1 aromatic carbocycles. The summed E-state index contributed by atoms with van der Waals surface area (Å²) in [6.45, 7) is 2.96. The number of rotatable bonds is 5. The fraction of sp³-hybridized carbons (Fsp3) is 0.214. The van der Waals surface area contributed by atoms with Crippen LogP contribution in [0.3, 0.4) is 0 Å². The molecule has 96 valence electrons. The van der Waals surface area contributed by atoms with Crippen molar-refractivity contribution >= 4 is 17.3 Å². The van der Waals surface area contributed by atoms with Gasteiger partial charge in [-0.2, -0.15) is 5.26 Å². The van der Waals surface area contributed by atoms with E-state index in [2.05, 4.69) is 33.6 Å². The molecule has 2 N–H and O–H groups in total. The minimum absolute atomic E-state index is 0.609. The summed E-state index contributed by atoms with van der Waals surface area (Å²) in [6.07, 6.45) is 4.37. The molecule has 0 fully saturated rings. The van der Waals surface area contributed by atoms with Crippen LogP contribution in [-0.4, -0.2) is 16.5 Å². The third kappa shape index (κ3) is 3.68. The number of aromatic nitrogens is 2. The molecule has 0 aliphatic heterocycles. The van der Waals surface area contributed by atoms with Gasteiger partial charge in [0, 0.05) is 12.2 Å². The van der Waals surface area contributed by atoms with Crippen molar-refractivity contribution in [2.45, 2.75) is 13.3 Å². The van der Waals surface area contributed by atoms with Gasteiger partial charge in [0.25, 0.3) is 0 Å². The molecule has 0 saturated carbocycles. The number of nitrogens with zero attached hydrogens (tertiary/aromatic N) is 3. The molecule has 0 bridgehead atoms. The molecular formula is C14H15N5. The maximum Gasteiger partial charge on any atom is 0.151 e. The Morgan fingerprint density at radius 3 is 2.89 bits per heavy atom. The van der Waals surface area contributed by atoms with Gasteiger partial charge in [-0.1, -0.05) is 13.0 Å². The van der Waals surface area contributed by atoms with Gasteiger partial charge in [-0.3, -0.25) is 4.98 Å². The lowest BCUT2D eigenvalue weighted by molar-refractivity contribution is 0.965. The molecule has 1 aromatic heterocycles. The molecule has 5 heteroatoms. The molecule has 2 rings (SSSR count). The molecule has 1 heterocycles. The monoisotopic (exact) mass is 253 g/mol. The van der Waals surface area contributed by atoms with Crippen molar-refractivity contribution in [1.29, 1.82) is 5.26 Å². The Morgan fingerprint density at radius 2 is 2.11 bits per heavy atom. The lowest BCUT2D eigenvalue weighted by atomic mass is 10.2. The predicted molar refractivity (Wildman–Crippen MR) is 75.3 cm³/mol. The van der Waals surface area contributed by atoms with Gasteiger partial charge in [-0.05, 0) is 24.6 Å². The van der Waals surface area contributed by atoms with Gasteiger partial charge in [-0.15, -0.1) is 0 Å². The molecule has 19 heavy (non-hydrogen) atoms.